The molecule has 148 valence electrons. The maximum absolute atomic E-state index is 12.5. The fourth-order valence-electron chi connectivity index (χ4n) is 3.09. The third-order valence-electron chi connectivity index (χ3n) is 4.79. The quantitative estimate of drug-likeness (QED) is 0.698. The van der Waals surface area contributed by atoms with Crippen LogP contribution in [0, 0.1) is 12.8 Å². The Hall–Kier alpha value is -1.41. The molecule has 2 atom stereocenters. The van der Waals surface area contributed by atoms with Gasteiger partial charge in [-0.05, 0) is 62.4 Å². The molecule has 4 rings (SSSR count). The average Bonchev–Trinajstić information content (AvgIpc) is 3.52. The fraction of sp³-hybridized carbons (Fsp3) is 0.500. The van der Waals surface area contributed by atoms with Gasteiger partial charge in [-0.25, -0.2) is 0 Å². The van der Waals surface area contributed by atoms with Crippen LogP contribution in [0.4, 0.5) is 5.13 Å². The number of rotatable bonds is 7. The average molecular weight is 431 g/mol. The predicted octanol–water partition coefficient (Wildman–Crippen LogP) is 3.81. The van der Waals surface area contributed by atoms with Crippen molar-refractivity contribution in [2.45, 2.75) is 38.1 Å². The second kappa shape index (κ2) is 9.19. The van der Waals surface area contributed by atoms with Gasteiger partial charge in [0.15, 0.2) is 0 Å². The topological polar surface area (TPSA) is 76.1 Å². The first-order valence-electron chi connectivity index (χ1n) is 8.67. The molecule has 0 bridgehead atoms. The van der Waals surface area contributed by atoms with Gasteiger partial charge in [-0.1, -0.05) is 11.3 Å². The number of aryl methyl sites for hydroxylation is 1. The SMILES string of the molecule is COc1ccc(C(=O)Nc2nnc(C)s2)cc1[C@@H]1C[C@H]1NCC1CC1.Cl.Cl. The van der Waals surface area contributed by atoms with Gasteiger partial charge in [0, 0.05) is 17.5 Å². The predicted molar refractivity (Wildman–Crippen MR) is 112 cm³/mol. The summed E-state index contributed by atoms with van der Waals surface area (Å²) in [6, 6.07) is 6.12. The largest absolute Gasteiger partial charge is 0.496 e. The first kappa shape index (κ1) is 21.9. The number of benzene rings is 1. The van der Waals surface area contributed by atoms with Crippen molar-refractivity contribution in [2.24, 2.45) is 5.92 Å². The third kappa shape index (κ3) is 5.31. The summed E-state index contributed by atoms with van der Waals surface area (Å²) < 4.78 is 5.51. The molecule has 1 heterocycles. The van der Waals surface area contributed by atoms with E-state index in [1.807, 2.05) is 19.1 Å². The van der Waals surface area contributed by atoms with Crippen LogP contribution in [-0.2, 0) is 0 Å². The van der Waals surface area contributed by atoms with Crippen molar-refractivity contribution in [1.82, 2.24) is 15.5 Å². The van der Waals surface area contributed by atoms with E-state index in [2.05, 4.69) is 20.8 Å². The van der Waals surface area contributed by atoms with E-state index < -0.39 is 0 Å². The molecule has 2 aliphatic rings. The maximum atomic E-state index is 12.5. The fourth-order valence-corrected chi connectivity index (χ4v) is 3.67. The third-order valence-corrected chi connectivity index (χ3v) is 5.55. The highest BCUT2D eigenvalue weighted by Gasteiger charge is 2.40. The van der Waals surface area contributed by atoms with E-state index in [9.17, 15) is 4.79 Å². The van der Waals surface area contributed by atoms with Crippen molar-refractivity contribution in [2.75, 3.05) is 19.0 Å². The zero-order valence-electron chi connectivity index (χ0n) is 15.2. The number of carbonyl (C=O) groups excluding carboxylic acids is 1. The minimum absolute atomic E-state index is 0. The number of halogens is 2. The summed E-state index contributed by atoms with van der Waals surface area (Å²) in [5.41, 5.74) is 1.73. The Kier molecular flexibility index (Phi) is 7.45. The normalized spacial score (nSPS) is 20.2. The van der Waals surface area contributed by atoms with Crippen LogP contribution in [0.3, 0.4) is 0 Å². The molecule has 1 amide bonds. The van der Waals surface area contributed by atoms with Crippen LogP contribution in [0.5, 0.6) is 5.75 Å². The van der Waals surface area contributed by atoms with Crippen LogP contribution in [-0.4, -0.2) is 35.8 Å². The molecule has 2 fully saturated rings. The number of carbonyl (C=O) groups is 1. The summed E-state index contributed by atoms with van der Waals surface area (Å²) in [6.07, 6.45) is 3.81. The Morgan fingerprint density at radius 1 is 1.30 bits per heavy atom. The van der Waals surface area contributed by atoms with E-state index in [0.29, 0.717) is 22.7 Å². The van der Waals surface area contributed by atoms with E-state index >= 15 is 0 Å². The van der Waals surface area contributed by atoms with Gasteiger partial charge >= 0.3 is 0 Å². The minimum Gasteiger partial charge on any atom is -0.496 e. The van der Waals surface area contributed by atoms with Gasteiger partial charge in [0.2, 0.25) is 5.13 Å². The molecule has 1 aromatic heterocycles. The zero-order valence-corrected chi connectivity index (χ0v) is 17.7. The number of ether oxygens (including phenoxy) is 1. The van der Waals surface area contributed by atoms with Gasteiger partial charge in [0.25, 0.3) is 5.91 Å². The van der Waals surface area contributed by atoms with Gasteiger partial charge < -0.3 is 10.1 Å². The molecule has 2 saturated carbocycles. The lowest BCUT2D eigenvalue weighted by atomic mass is 10.0. The van der Waals surface area contributed by atoms with Crippen molar-refractivity contribution < 1.29 is 9.53 Å². The molecule has 0 radical (unpaired) electrons. The lowest BCUT2D eigenvalue weighted by Crippen LogP contribution is -2.20. The summed E-state index contributed by atoms with van der Waals surface area (Å²) >= 11 is 1.37. The van der Waals surface area contributed by atoms with Gasteiger partial charge in [-0.15, -0.1) is 35.0 Å². The molecule has 6 nitrogen and oxygen atoms in total. The summed E-state index contributed by atoms with van der Waals surface area (Å²) in [5.74, 6) is 1.98. The molecule has 0 spiro atoms. The molecule has 0 unspecified atom stereocenters. The zero-order chi connectivity index (χ0) is 17.4. The van der Waals surface area contributed by atoms with E-state index in [-0.39, 0.29) is 30.7 Å². The second-order valence-corrected chi connectivity index (χ2v) is 8.02. The molecule has 2 aromatic rings. The highest BCUT2D eigenvalue weighted by atomic mass is 35.5. The number of nitrogens with zero attached hydrogens (tertiary/aromatic N) is 2. The highest BCUT2D eigenvalue weighted by Crippen LogP contribution is 2.45. The second-order valence-electron chi connectivity index (χ2n) is 6.84. The molecular weight excluding hydrogens is 407 g/mol. The number of hydrogen-bond acceptors (Lipinski definition) is 6. The highest BCUT2D eigenvalue weighted by molar-refractivity contribution is 7.15. The summed E-state index contributed by atoms with van der Waals surface area (Å²) in [5, 5.41) is 15.7. The van der Waals surface area contributed by atoms with Crippen LogP contribution in [0.15, 0.2) is 18.2 Å². The van der Waals surface area contributed by atoms with Crippen molar-refractivity contribution in [3.8, 4) is 5.75 Å². The number of amides is 1. The summed E-state index contributed by atoms with van der Waals surface area (Å²) in [6.45, 7) is 2.97. The minimum atomic E-state index is -0.164. The van der Waals surface area contributed by atoms with Crippen molar-refractivity contribution >= 4 is 47.2 Å². The van der Waals surface area contributed by atoms with Gasteiger partial charge in [0.05, 0.1) is 7.11 Å². The van der Waals surface area contributed by atoms with Gasteiger partial charge in [-0.2, -0.15) is 0 Å². The standard InChI is InChI=1S/C18H22N4O2S.2ClH/c1-10-21-22-18(25-10)20-17(23)12-5-6-16(24-2)14(7-12)13-8-15(13)19-9-11-3-4-11;;/h5-7,11,13,15,19H,3-4,8-9H2,1-2H3,(H,20,22,23);2*1H/t13-,15+;;/m0../s1. The molecule has 2 N–H and O–H groups in total. The maximum Gasteiger partial charge on any atom is 0.257 e. The number of aromatic nitrogens is 2. The summed E-state index contributed by atoms with van der Waals surface area (Å²) in [4.78, 5) is 12.5. The van der Waals surface area contributed by atoms with Crippen LogP contribution in [0.2, 0.25) is 0 Å². The Labute approximate surface area is 175 Å². The van der Waals surface area contributed by atoms with Crippen molar-refractivity contribution in [3.63, 3.8) is 0 Å². The Bertz CT molecular complexity index is 797. The molecular formula is C18H24Cl2N4O2S. The molecule has 9 heteroatoms. The Balaban J connectivity index is 0.00000131. The monoisotopic (exact) mass is 430 g/mol. The first-order chi connectivity index (χ1) is 12.1. The number of hydrogen-bond donors (Lipinski definition) is 2. The van der Waals surface area contributed by atoms with Gasteiger partial charge in [0.1, 0.15) is 10.8 Å². The van der Waals surface area contributed by atoms with E-state index in [0.717, 1.165) is 35.2 Å². The molecule has 0 saturated heterocycles. The molecule has 2 aliphatic carbocycles. The lowest BCUT2D eigenvalue weighted by Gasteiger charge is -2.11. The molecule has 27 heavy (non-hydrogen) atoms. The Morgan fingerprint density at radius 3 is 2.70 bits per heavy atom. The van der Waals surface area contributed by atoms with Crippen LogP contribution < -0.4 is 15.4 Å². The van der Waals surface area contributed by atoms with Crippen LogP contribution in [0.1, 0.15) is 46.1 Å². The van der Waals surface area contributed by atoms with Gasteiger partial charge in [-0.3, -0.25) is 10.1 Å². The van der Waals surface area contributed by atoms with Crippen molar-refractivity contribution in [1.29, 1.82) is 0 Å². The summed E-state index contributed by atoms with van der Waals surface area (Å²) in [7, 11) is 1.68. The number of nitrogens with one attached hydrogen (secondary N) is 2. The molecule has 0 aliphatic heterocycles. The van der Waals surface area contributed by atoms with E-state index in [1.165, 1.54) is 24.2 Å². The van der Waals surface area contributed by atoms with E-state index in [1.54, 1.807) is 13.2 Å². The molecule has 1 aromatic carbocycles. The van der Waals surface area contributed by atoms with E-state index in [4.69, 9.17) is 4.74 Å². The van der Waals surface area contributed by atoms with Crippen LogP contribution in [0.25, 0.3) is 0 Å². The van der Waals surface area contributed by atoms with Crippen LogP contribution >= 0.6 is 36.2 Å². The van der Waals surface area contributed by atoms with Crippen molar-refractivity contribution in [3.05, 3.63) is 34.3 Å². The first-order valence-corrected chi connectivity index (χ1v) is 9.48. The number of methoxy groups -OCH3 is 1. The Morgan fingerprint density at radius 2 is 2.07 bits per heavy atom. The smallest absolute Gasteiger partial charge is 0.257 e. The lowest BCUT2D eigenvalue weighted by molar-refractivity contribution is 0.102. The number of anilines is 1.